The first kappa shape index (κ1) is 15.7. The summed E-state index contributed by atoms with van der Waals surface area (Å²) >= 11 is 0. The monoisotopic (exact) mass is 289 g/mol. The molecule has 1 atom stereocenters. The van der Waals surface area contributed by atoms with Gasteiger partial charge in [-0.2, -0.15) is 26.3 Å². The van der Waals surface area contributed by atoms with Crippen molar-refractivity contribution in [3.8, 4) is 0 Å². The average Bonchev–Trinajstić information content (AvgIpc) is 2.22. The van der Waals surface area contributed by atoms with Gasteiger partial charge in [0.05, 0.1) is 5.56 Å². The SMILES string of the molecule is N[C@H](CCC(F)(F)F)c1ccc(C(F)(F)F)c(F)c1. The first-order chi connectivity index (χ1) is 8.50. The second-order valence-electron chi connectivity index (χ2n) is 4.00. The third-order valence-corrected chi connectivity index (χ3v) is 2.47. The molecule has 19 heavy (non-hydrogen) atoms. The van der Waals surface area contributed by atoms with Crippen LogP contribution < -0.4 is 5.73 Å². The van der Waals surface area contributed by atoms with Gasteiger partial charge in [-0.15, -0.1) is 0 Å². The molecule has 0 aromatic heterocycles. The molecule has 0 bridgehead atoms. The number of halogens is 7. The van der Waals surface area contributed by atoms with Crippen molar-refractivity contribution in [2.24, 2.45) is 5.73 Å². The molecule has 1 rings (SSSR count). The van der Waals surface area contributed by atoms with Gasteiger partial charge in [0.15, 0.2) is 0 Å². The van der Waals surface area contributed by atoms with Gasteiger partial charge in [-0.05, 0) is 24.1 Å². The zero-order valence-electron chi connectivity index (χ0n) is 9.45. The second kappa shape index (κ2) is 5.36. The minimum absolute atomic E-state index is 0.102. The maximum Gasteiger partial charge on any atom is 0.419 e. The molecule has 0 aliphatic heterocycles. The molecule has 1 aromatic carbocycles. The topological polar surface area (TPSA) is 26.0 Å². The van der Waals surface area contributed by atoms with Crippen LogP contribution in [0.25, 0.3) is 0 Å². The molecule has 0 fully saturated rings. The second-order valence-corrected chi connectivity index (χ2v) is 4.00. The Hall–Kier alpha value is -1.31. The summed E-state index contributed by atoms with van der Waals surface area (Å²) in [5.74, 6) is -1.55. The van der Waals surface area contributed by atoms with E-state index in [0.29, 0.717) is 12.1 Å². The first-order valence-corrected chi connectivity index (χ1v) is 5.19. The first-order valence-electron chi connectivity index (χ1n) is 5.19. The summed E-state index contributed by atoms with van der Waals surface area (Å²) in [5.41, 5.74) is 3.81. The lowest BCUT2D eigenvalue weighted by Crippen LogP contribution is -2.17. The van der Waals surface area contributed by atoms with E-state index in [0.717, 1.165) is 6.07 Å². The van der Waals surface area contributed by atoms with Crippen molar-refractivity contribution in [3.63, 3.8) is 0 Å². The Kier molecular flexibility index (Phi) is 4.44. The van der Waals surface area contributed by atoms with Gasteiger partial charge < -0.3 is 5.73 Å². The standard InChI is InChI=1S/C11H10F7N/c12-8-5-6(1-2-7(8)11(16,17)18)9(19)3-4-10(13,14)15/h1-2,5,9H,3-4,19H2/t9-/m1/s1. The van der Waals surface area contributed by atoms with Gasteiger partial charge in [0.2, 0.25) is 0 Å². The smallest absolute Gasteiger partial charge is 0.324 e. The molecule has 8 heteroatoms. The Labute approximate surface area is 104 Å². The molecule has 1 aromatic rings. The molecular weight excluding hydrogens is 279 g/mol. The van der Waals surface area contributed by atoms with Crippen LogP contribution in [0, 0.1) is 5.82 Å². The molecule has 0 amide bonds. The summed E-state index contributed by atoms with van der Waals surface area (Å²) in [6.45, 7) is 0. The predicted octanol–water partition coefficient (Wildman–Crippen LogP) is 4.19. The van der Waals surface area contributed by atoms with Crippen LogP contribution >= 0.6 is 0 Å². The molecule has 108 valence electrons. The average molecular weight is 289 g/mol. The van der Waals surface area contributed by atoms with Crippen molar-refractivity contribution in [1.82, 2.24) is 0 Å². The zero-order chi connectivity index (χ0) is 14.8. The van der Waals surface area contributed by atoms with E-state index >= 15 is 0 Å². The van der Waals surface area contributed by atoms with Crippen molar-refractivity contribution < 1.29 is 30.7 Å². The highest BCUT2D eigenvalue weighted by Gasteiger charge is 2.34. The lowest BCUT2D eigenvalue weighted by atomic mass is 10.0. The minimum atomic E-state index is -4.85. The van der Waals surface area contributed by atoms with Gasteiger partial charge in [-0.3, -0.25) is 0 Å². The molecule has 2 N–H and O–H groups in total. The lowest BCUT2D eigenvalue weighted by molar-refractivity contribution is -0.140. The molecule has 0 spiro atoms. The normalized spacial score (nSPS) is 14.5. The largest absolute Gasteiger partial charge is 0.419 e. The molecule has 0 aliphatic rings. The van der Waals surface area contributed by atoms with E-state index in [9.17, 15) is 30.7 Å². The van der Waals surface area contributed by atoms with Crippen molar-refractivity contribution in [2.45, 2.75) is 31.2 Å². The van der Waals surface area contributed by atoms with Crippen LogP contribution in [0.15, 0.2) is 18.2 Å². The van der Waals surface area contributed by atoms with E-state index in [1.54, 1.807) is 0 Å². The number of nitrogens with two attached hydrogens (primary N) is 1. The molecular formula is C11H10F7N. The molecule has 0 heterocycles. The number of hydrogen-bond acceptors (Lipinski definition) is 1. The van der Waals surface area contributed by atoms with E-state index in [1.807, 2.05) is 0 Å². The fourth-order valence-electron chi connectivity index (χ4n) is 1.48. The third kappa shape index (κ3) is 4.70. The van der Waals surface area contributed by atoms with Crippen molar-refractivity contribution in [2.75, 3.05) is 0 Å². The van der Waals surface area contributed by atoms with Crippen LogP contribution in [-0.2, 0) is 6.18 Å². The Balaban J connectivity index is 2.83. The lowest BCUT2D eigenvalue weighted by Gasteiger charge is -2.15. The van der Waals surface area contributed by atoms with E-state index in [1.165, 1.54) is 0 Å². The van der Waals surface area contributed by atoms with Crippen LogP contribution in [-0.4, -0.2) is 6.18 Å². The van der Waals surface area contributed by atoms with Crippen LogP contribution in [0.1, 0.15) is 30.0 Å². The van der Waals surface area contributed by atoms with Gasteiger partial charge in [-0.25, -0.2) is 4.39 Å². The number of benzene rings is 1. The molecule has 0 saturated carbocycles. The summed E-state index contributed by atoms with van der Waals surface area (Å²) in [4.78, 5) is 0. The van der Waals surface area contributed by atoms with Crippen LogP contribution in [0.3, 0.4) is 0 Å². The summed E-state index contributed by atoms with van der Waals surface area (Å²) in [6, 6.07) is 0.702. The third-order valence-electron chi connectivity index (χ3n) is 2.47. The Bertz CT molecular complexity index is 436. The maximum absolute atomic E-state index is 13.2. The fraction of sp³-hybridized carbons (Fsp3) is 0.455. The predicted molar refractivity (Wildman–Crippen MR) is 53.6 cm³/mol. The molecule has 1 nitrogen and oxygen atoms in total. The Morgan fingerprint density at radius 1 is 1.05 bits per heavy atom. The van der Waals surface area contributed by atoms with E-state index in [4.69, 9.17) is 5.73 Å². The quantitative estimate of drug-likeness (QED) is 0.830. The van der Waals surface area contributed by atoms with Gasteiger partial charge in [0, 0.05) is 12.5 Å². The Morgan fingerprint density at radius 3 is 2.05 bits per heavy atom. The van der Waals surface area contributed by atoms with Crippen molar-refractivity contribution >= 4 is 0 Å². The number of alkyl halides is 6. The summed E-state index contributed by atoms with van der Waals surface area (Å²) in [5, 5.41) is 0. The number of hydrogen-bond donors (Lipinski definition) is 1. The highest BCUT2D eigenvalue weighted by atomic mass is 19.4. The van der Waals surface area contributed by atoms with E-state index in [-0.39, 0.29) is 5.56 Å². The maximum atomic E-state index is 13.2. The number of rotatable bonds is 3. The molecule has 0 saturated heterocycles. The summed E-state index contributed by atoms with van der Waals surface area (Å²) < 4.78 is 85.8. The van der Waals surface area contributed by atoms with Crippen LogP contribution in [0.5, 0.6) is 0 Å². The summed E-state index contributed by atoms with van der Waals surface area (Å²) in [6.07, 6.45) is -11.0. The zero-order valence-corrected chi connectivity index (χ0v) is 9.45. The van der Waals surface area contributed by atoms with Gasteiger partial charge in [0.25, 0.3) is 0 Å². The highest BCUT2D eigenvalue weighted by Crippen LogP contribution is 2.33. The van der Waals surface area contributed by atoms with E-state index < -0.39 is 42.6 Å². The van der Waals surface area contributed by atoms with Gasteiger partial charge in [-0.1, -0.05) is 6.07 Å². The highest BCUT2D eigenvalue weighted by molar-refractivity contribution is 5.28. The molecule has 0 unspecified atom stereocenters. The van der Waals surface area contributed by atoms with Gasteiger partial charge >= 0.3 is 12.4 Å². The van der Waals surface area contributed by atoms with Crippen LogP contribution in [0.2, 0.25) is 0 Å². The molecule has 0 aliphatic carbocycles. The molecule has 0 radical (unpaired) electrons. The minimum Gasteiger partial charge on any atom is -0.324 e. The van der Waals surface area contributed by atoms with Gasteiger partial charge in [0.1, 0.15) is 5.82 Å². The van der Waals surface area contributed by atoms with E-state index in [2.05, 4.69) is 0 Å². The van der Waals surface area contributed by atoms with Crippen molar-refractivity contribution in [1.29, 1.82) is 0 Å². The Morgan fingerprint density at radius 2 is 1.63 bits per heavy atom. The summed E-state index contributed by atoms with van der Waals surface area (Å²) in [7, 11) is 0. The van der Waals surface area contributed by atoms with Crippen molar-refractivity contribution in [3.05, 3.63) is 35.1 Å². The van der Waals surface area contributed by atoms with Crippen LogP contribution in [0.4, 0.5) is 30.7 Å². The fourth-order valence-corrected chi connectivity index (χ4v) is 1.48.